The second-order valence-electron chi connectivity index (χ2n) is 4.08. The number of nitrogens with two attached hydrogens (primary N) is 1. The van der Waals surface area contributed by atoms with E-state index < -0.39 is 22.0 Å². The second kappa shape index (κ2) is 4.65. The van der Waals surface area contributed by atoms with Crippen molar-refractivity contribution in [2.75, 3.05) is 6.54 Å². The molecule has 1 aromatic carbocycles. The summed E-state index contributed by atoms with van der Waals surface area (Å²) in [6.45, 7) is 0.350. The van der Waals surface area contributed by atoms with Gasteiger partial charge in [-0.1, -0.05) is 0 Å². The van der Waals surface area contributed by atoms with Gasteiger partial charge in [-0.25, -0.2) is 12.8 Å². The van der Waals surface area contributed by atoms with Crippen LogP contribution in [0.2, 0.25) is 0 Å². The predicted molar refractivity (Wildman–Crippen MR) is 62.2 cm³/mol. The number of hydrogen-bond acceptors (Lipinski definition) is 4. The quantitative estimate of drug-likeness (QED) is 0.859. The van der Waals surface area contributed by atoms with E-state index in [9.17, 15) is 12.8 Å². The zero-order valence-electron chi connectivity index (χ0n) is 9.51. The molecule has 0 saturated carbocycles. The Morgan fingerprint density at radius 3 is 2.78 bits per heavy atom. The molecule has 1 atom stereocenters. The second-order valence-corrected chi connectivity index (χ2v) is 5.97. The zero-order valence-corrected chi connectivity index (χ0v) is 10.3. The van der Waals surface area contributed by atoms with Crippen LogP contribution in [0.4, 0.5) is 4.39 Å². The van der Waals surface area contributed by atoms with Gasteiger partial charge in [-0.3, -0.25) is 0 Å². The molecule has 1 aliphatic heterocycles. The van der Waals surface area contributed by atoms with Crippen LogP contribution in [-0.2, 0) is 10.0 Å². The summed E-state index contributed by atoms with van der Waals surface area (Å²) in [5, 5.41) is 8.70. The van der Waals surface area contributed by atoms with Crippen molar-refractivity contribution in [1.29, 1.82) is 5.26 Å². The number of sulfonamides is 1. The molecule has 2 N–H and O–H groups in total. The van der Waals surface area contributed by atoms with Gasteiger partial charge < -0.3 is 5.73 Å². The van der Waals surface area contributed by atoms with Gasteiger partial charge in [-0.2, -0.15) is 9.57 Å². The summed E-state index contributed by atoms with van der Waals surface area (Å²) < 4.78 is 38.8. The molecule has 7 heteroatoms. The molecule has 2 rings (SSSR count). The fourth-order valence-electron chi connectivity index (χ4n) is 1.95. The first-order valence-corrected chi connectivity index (χ1v) is 6.88. The number of rotatable bonds is 2. The Balaban J connectivity index is 2.45. The molecule has 96 valence electrons. The van der Waals surface area contributed by atoms with Crippen LogP contribution in [0.15, 0.2) is 23.1 Å². The Kier molecular flexibility index (Phi) is 3.34. The van der Waals surface area contributed by atoms with E-state index in [1.54, 1.807) is 6.07 Å². The maximum Gasteiger partial charge on any atom is 0.244 e. The van der Waals surface area contributed by atoms with Crippen LogP contribution in [-0.4, -0.2) is 25.4 Å². The zero-order chi connectivity index (χ0) is 13.3. The van der Waals surface area contributed by atoms with Gasteiger partial charge in [0.2, 0.25) is 10.0 Å². The highest BCUT2D eigenvalue weighted by Gasteiger charge is 2.33. The fraction of sp³-hybridized carbons (Fsp3) is 0.364. The first kappa shape index (κ1) is 13.0. The molecule has 5 nitrogen and oxygen atoms in total. The third-order valence-electron chi connectivity index (χ3n) is 2.91. The van der Waals surface area contributed by atoms with Gasteiger partial charge >= 0.3 is 0 Å². The summed E-state index contributed by atoms with van der Waals surface area (Å²) >= 11 is 0. The van der Waals surface area contributed by atoms with Crippen molar-refractivity contribution in [1.82, 2.24) is 4.31 Å². The lowest BCUT2D eigenvalue weighted by molar-refractivity contribution is 0.396. The Hall–Kier alpha value is -1.49. The van der Waals surface area contributed by atoms with Crippen LogP contribution >= 0.6 is 0 Å². The molecule has 1 fully saturated rings. The molecule has 18 heavy (non-hydrogen) atoms. The lowest BCUT2D eigenvalue weighted by Crippen LogP contribution is -2.40. The first-order valence-electron chi connectivity index (χ1n) is 5.44. The number of halogens is 1. The van der Waals surface area contributed by atoms with Crippen molar-refractivity contribution in [2.45, 2.75) is 23.9 Å². The number of hydrogen-bond donors (Lipinski definition) is 1. The van der Waals surface area contributed by atoms with Crippen LogP contribution in [0.25, 0.3) is 0 Å². The summed E-state index contributed by atoms with van der Waals surface area (Å²) in [4.78, 5) is -0.0993. The van der Waals surface area contributed by atoms with Crippen molar-refractivity contribution in [3.8, 4) is 6.07 Å². The minimum atomic E-state index is -3.75. The summed E-state index contributed by atoms with van der Waals surface area (Å²) in [7, 11) is -3.75. The first-order chi connectivity index (χ1) is 8.46. The van der Waals surface area contributed by atoms with Crippen molar-refractivity contribution in [2.24, 2.45) is 5.73 Å². The average Bonchev–Trinajstić information content (AvgIpc) is 2.76. The summed E-state index contributed by atoms with van der Waals surface area (Å²) in [5.74, 6) is -0.734. The van der Waals surface area contributed by atoms with Crippen molar-refractivity contribution < 1.29 is 12.8 Å². The highest BCUT2D eigenvalue weighted by atomic mass is 32.2. The Bertz CT molecular complexity index is 609. The van der Waals surface area contributed by atoms with E-state index in [4.69, 9.17) is 11.0 Å². The summed E-state index contributed by atoms with van der Waals surface area (Å²) in [5.41, 5.74) is 5.42. The van der Waals surface area contributed by atoms with Crippen molar-refractivity contribution in [3.63, 3.8) is 0 Å². The Morgan fingerprint density at radius 1 is 1.50 bits per heavy atom. The summed E-state index contributed by atoms with van der Waals surface area (Å²) in [6, 6.07) is 4.79. The SMILES string of the molecule is N#Cc1cc(S(=O)(=O)N2CCCC2N)ccc1F. The minimum Gasteiger partial charge on any atom is -0.315 e. The highest BCUT2D eigenvalue weighted by Crippen LogP contribution is 2.24. The van der Waals surface area contributed by atoms with E-state index in [1.807, 2.05) is 0 Å². The van der Waals surface area contributed by atoms with Gasteiger partial charge in [0.05, 0.1) is 16.6 Å². The molecule has 1 aliphatic rings. The average molecular weight is 269 g/mol. The van der Waals surface area contributed by atoms with Gasteiger partial charge in [0.15, 0.2) is 0 Å². The Labute approximate surface area is 105 Å². The van der Waals surface area contributed by atoms with Crippen LogP contribution in [0.3, 0.4) is 0 Å². The molecule has 0 aromatic heterocycles. The van der Waals surface area contributed by atoms with Crippen molar-refractivity contribution in [3.05, 3.63) is 29.6 Å². The smallest absolute Gasteiger partial charge is 0.244 e. The van der Waals surface area contributed by atoms with Gasteiger partial charge in [-0.05, 0) is 31.0 Å². The van der Waals surface area contributed by atoms with E-state index in [1.165, 1.54) is 4.31 Å². The third-order valence-corrected chi connectivity index (χ3v) is 4.83. The molecular weight excluding hydrogens is 257 g/mol. The monoisotopic (exact) mass is 269 g/mol. The van der Waals surface area contributed by atoms with Gasteiger partial charge in [-0.15, -0.1) is 0 Å². The molecule has 1 heterocycles. The normalized spacial score (nSPS) is 20.8. The Morgan fingerprint density at radius 2 is 2.22 bits per heavy atom. The van der Waals surface area contributed by atoms with Crippen LogP contribution in [0.5, 0.6) is 0 Å². The predicted octanol–water partition coefficient (Wildman–Crippen LogP) is 0.767. The molecule has 0 spiro atoms. The number of nitriles is 1. The van der Waals surface area contributed by atoms with E-state index >= 15 is 0 Å². The summed E-state index contributed by atoms with van der Waals surface area (Å²) in [6.07, 6.45) is 0.753. The number of benzene rings is 1. The van der Waals surface area contributed by atoms with E-state index in [-0.39, 0.29) is 10.5 Å². The third kappa shape index (κ3) is 2.10. The lowest BCUT2D eigenvalue weighted by atomic mass is 10.2. The highest BCUT2D eigenvalue weighted by molar-refractivity contribution is 7.89. The molecular formula is C11H12FN3O2S. The fourth-order valence-corrected chi connectivity index (χ4v) is 3.56. The largest absolute Gasteiger partial charge is 0.315 e. The van der Waals surface area contributed by atoms with Gasteiger partial charge in [0, 0.05) is 6.54 Å². The van der Waals surface area contributed by atoms with Crippen LogP contribution < -0.4 is 5.73 Å². The maximum absolute atomic E-state index is 13.2. The molecule has 0 aliphatic carbocycles. The van der Waals surface area contributed by atoms with Crippen LogP contribution in [0.1, 0.15) is 18.4 Å². The van der Waals surface area contributed by atoms with Crippen molar-refractivity contribution >= 4 is 10.0 Å². The molecule has 1 aromatic rings. The molecule has 1 saturated heterocycles. The van der Waals surface area contributed by atoms with E-state index in [0.717, 1.165) is 18.2 Å². The topological polar surface area (TPSA) is 87.2 Å². The molecule has 0 amide bonds. The molecule has 0 radical (unpaired) electrons. The minimum absolute atomic E-state index is 0.0993. The maximum atomic E-state index is 13.2. The van der Waals surface area contributed by atoms with E-state index in [2.05, 4.69) is 0 Å². The van der Waals surface area contributed by atoms with Gasteiger partial charge in [0.1, 0.15) is 11.9 Å². The lowest BCUT2D eigenvalue weighted by Gasteiger charge is -2.20. The molecule has 1 unspecified atom stereocenters. The number of nitrogens with zero attached hydrogens (tertiary/aromatic N) is 2. The standard InChI is InChI=1S/C11H12FN3O2S/c12-10-4-3-9(6-8(10)7-13)18(16,17)15-5-1-2-11(15)14/h3-4,6,11H,1-2,5,14H2. The van der Waals surface area contributed by atoms with Gasteiger partial charge in [0.25, 0.3) is 0 Å². The van der Waals surface area contributed by atoms with E-state index in [0.29, 0.717) is 19.4 Å². The van der Waals surface area contributed by atoms with Crippen LogP contribution in [0, 0.1) is 17.1 Å². The molecule has 0 bridgehead atoms.